The maximum Gasteiger partial charge on any atom is 0.417 e. The Labute approximate surface area is 206 Å². The molecule has 2 fully saturated rings. The fourth-order valence-corrected chi connectivity index (χ4v) is 5.30. The van der Waals surface area contributed by atoms with Crippen molar-refractivity contribution in [3.63, 3.8) is 0 Å². The third-order valence-corrected chi connectivity index (χ3v) is 7.10. The molecule has 4 rings (SSSR count). The molecule has 0 N–H and O–H groups in total. The molecular formula is C26H38F3N3O3. The van der Waals surface area contributed by atoms with Crippen LogP contribution in [0.2, 0.25) is 0 Å². The highest BCUT2D eigenvalue weighted by atomic mass is 19.4. The molecule has 6 nitrogen and oxygen atoms in total. The van der Waals surface area contributed by atoms with E-state index in [1.54, 1.807) is 4.90 Å². The molecule has 196 valence electrons. The summed E-state index contributed by atoms with van der Waals surface area (Å²) in [6.07, 6.45) is 2.24. The van der Waals surface area contributed by atoms with Crippen molar-refractivity contribution in [2.75, 3.05) is 26.2 Å². The van der Waals surface area contributed by atoms with Crippen LogP contribution in [-0.2, 0) is 33.5 Å². The second-order valence-corrected chi connectivity index (χ2v) is 9.77. The van der Waals surface area contributed by atoms with Gasteiger partial charge in [0, 0.05) is 43.4 Å². The fourth-order valence-electron chi connectivity index (χ4n) is 5.30. The minimum absolute atomic E-state index is 0.0337. The molecule has 0 spiro atoms. The molecule has 1 saturated carbocycles. The van der Waals surface area contributed by atoms with Gasteiger partial charge in [0.15, 0.2) is 0 Å². The van der Waals surface area contributed by atoms with Gasteiger partial charge in [-0.15, -0.1) is 0 Å². The van der Waals surface area contributed by atoms with Crippen molar-refractivity contribution >= 4 is 11.9 Å². The Balaban J connectivity index is 0.00000108. The van der Waals surface area contributed by atoms with E-state index in [2.05, 4.69) is 23.7 Å². The van der Waals surface area contributed by atoms with Crippen LogP contribution in [0.3, 0.4) is 0 Å². The first-order chi connectivity index (χ1) is 16.7. The number of piperidine rings is 1. The molecule has 3 heterocycles. The minimum atomic E-state index is -4.44. The van der Waals surface area contributed by atoms with E-state index >= 15 is 0 Å². The summed E-state index contributed by atoms with van der Waals surface area (Å²) in [5, 5.41) is 0. The van der Waals surface area contributed by atoms with Crippen LogP contribution < -0.4 is 0 Å². The zero-order valence-electron chi connectivity index (χ0n) is 21.1. The maximum atomic E-state index is 13.1. The molecule has 0 radical (unpaired) electrons. The van der Waals surface area contributed by atoms with Crippen molar-refractivity contribution in [1.82, 2.24) is 14.8 Å². The number of carbonyl (C=O) groups excluding carboxylic acids is 2. The van der Waals surface area contributed by atoms with Gasteiger partial charge in [-0.05, 0) is 63.7 Å². The Bertz CT molecular complexity index is 869. The molecule has 1 saturated heterocycles. The number of hydrogen-bond donors (Lipinski definition) is 0. The molecule has 3 aliphatic rings. The van der Waals surface area contributed by atoms with Crippen LogP contribution in [0.15, 0.2) is 12.3 Å². The normalized spacial score (nSPS) is 23.3. The predicted molar refractivity (Wildman–Crippen MR) is 126 cm³/mol. The molecule has 2 unspecified atom stereocenters. The Hall–Kier alpha value is -2.16. The van der Waals surface area contributed by atoms with E-state index in [1.807, 2.05) is 6.92 Å². The molecule has 1 aliphatic carbocycles. The molecule has 9 heteroatoms. The predicted octanol–water partition coefficient (Wildman–Crippen LogP) is 4.85. The van der Waals surface area contributed by atoms with Gasteiger partial charge in [-0.3, -0.25) is 14.6 Å². The lowest BCUT2D eigenvalue weighted by molar-refractivity contribution is -0.149. The summed E-state index contributed by atoms with van der Waals surface area (Å²) in [5.41, 5.74) is 0.378. The second-order valence-electron chi connectivity index (χ2n) is 9.77. The lowest BCUT2D eigenvalue weighted by Crippen LogP contribution is -2.43. The third-order valence-electron chi connectivity index (χ3n) is 7.10. The molecule has 0 aromatic carbocycles. The van der Waals surface area contributed by atoms with Crippen molar-refractivity contribution in [1.29, 1.82) is 0 Å². The molecule has 1 aromatic rings. The largest absolute Gasteiger partial charge is 0.466 e. The summed E-state index contributed by atoms with van der Waals surface area (Å²) >= 11 is 0. The van der Waals surface area contributed by atoms with Crippen LogP contribution >= 0.6 is 0 Å². The van der Waals surface area contributed by atoms with E-state index in [4.69, 9.17) is 4.74 Å². The van der Waals surface area contributed by atoms with E-state index < -0.39 is 11.7 Å². The highest BCUT2D eigenvalue weighted by Crippen LogP contribution is 2.35. The highest BCUT2D eigenvalue weighted by molar-refractivity contribution is 5.79. The Morgan fingerprint density at radius 3 is 2.37 bits per heavy atom. The number of esters is 1. The summed E-state index contributed by atoms with van der Waals surface area (Å²) in [4.78, 5) is 33.1. The summed E-state index contributed by atoms with van der Waals surface area (Å²) in [7, 11) is 0. The van der Waals surface area contributed by atoms with Crippen LogP contribution in [0.4, 0.5) is 13.2 Å². The molecule has 2 aliphatic heterocycles. The number of hydrogen-bond acceptors (Lipinski definition) is 5. The van der Waals surface area contributed by atoms with Crippen molar-refractivity contribution < 1.29 is 27.5 Å². The monoisotopic (exact) mass is 497 g/mol. The lowest BCUT2D eigenvalue weighted by atomic mass is 9.95. The van der Waals surface area contributed by atoms with Gasteiger partial charge in [-0.2, -0.15) is 13.2 Å². The quantitative estimate of drug-likeness (QED) is 0.557. The van der Waals surface area contributed by atoms with Gasteiger partial charge in [0.25, 0.3) is 0 Å². The number of pyridine rings is 1. The minimum Gasteiger partial charge on any atom is -0.466 e. The zero-order valence-corrected chi connectivity index (χ0v) is 21.1. The molecular weight excluding hydrogens is 459 g/mol. The van der Waals surface area contributed by atoms with Crippen molar-refractivity contribution in [2.45, 2.75) is 84.5 Å². The number of likely N-dealkylation sites (tertiary alicyclic amines) is 1. The Morgan fingerprint density at radius 2 is 1.74 bits per heavy atom. The van der Waals surface area contributed by atoms with Gasteiger partial charge < -0.3 is 14.5 Å². The first-order valence-electron chi connectivity index (χ1n) is 12.9. The average Bonchev–Trinajstić information content (AvgIpc) is 3.33. The van der Waals surface area contributed by atoms with E-state index in [0.717, 1.165) is 57.5 Å². The standard InChI is InChI=1S/C23H30F3N3O3.C3H8/c1-2-32-22(31)15-5-8-28(9-6-15)19-4-3-16(12-19)21(30)29-10-7-20-17(14-29)11-18(13-27-20)23(24,25)26;1-3-2/h11,13,15-16,19H,2-10,12,14H2,1H3;3H2,1-2H3. The molecule has 2 atom stereocenters. The van der Waals surface area contributed by atoms with Crippen LogP contribution in [-0.4, -0.2) is 58.9 Å². The summed E-state index contributed by atoms with van der Waals surface area (Å²) in [6, 6.07) is 1.45. The van der Waals surface area contributed by atoms with Gasteiger partial charge in [0.05, 0.1) is 18.1 Å². The van der Waals surface area contributed by atoms with Crippen molar-refractivity contribution in [2.24, 2.45) is 11.8 Å². The lowest BCUT2D eigenvalue weighted by Gasteiger charge is -2.35. The number of rotatable bonds is 4. The van der Waals surface area contributed by atoms with Crippen molar-refractivity contribution in [3.05, 3.63) is 29.1 Å². The third kappa shape index (κ3) is 6.96. The van der Waals surface area contributed by atoms with E-state index in [0.29, 0.717) is 36.9 Å². The fraction of sp³-hybridized carbons (Fsp3) is 0.731. The number of carbonyl (C=O) groups is 2. The number of amides is 1. The van der Waals surface area contributed by atoms with Gasteiger partial charge >= 0.3 is 12.1 Å². The van der Waals surface area contributed by atoms with Crippen LogP contribution in [0.1, 0.15) is 76.1 Å². The number of ether oxygens (including phenoxy) is 1. The van der Waals surface area contributed by atoms with E-state index in [-0.39, 0.29) is 30.3 Å². The van der Waals surface area contributed by atoms with E-state index in [9.17, 15) is 22.8 Å². The van der Waals surface area contributed by atoms with Gasteiger partial charge in [0.2, 0.25) is 5.91 Å². The number of fused-ring (bicyclic) bond motifs is 1. The number of nitrogens with zero attached hydrogens (tertiary/aromatic N) is 3. The van der Waals surface area contributed by atoms with Crippen LogP contribution in [0.5, 0.6) is 0 Å². The first-order valence-corrected chi connectivity index (χ1v) is 12.9. The highest BCUT2D eigenvalue weighted by Gasteiger charge is 2.38. The summed E-state index contributed by atoms with van der Waals surface area (Å²) in [6.45, 7) is 8.82. The van der Waals surface area contributed by atoms with Crippen LogP contribution in [0, 0.1) is 11.8 Å². The van der Waals surface area contributed by atoms with Gasteiger partial charge in [0.1, 0.15) is 0 Å². The van der Waals surface area contributed by atoms with Gasteiger partial charge in [-0.25, -0.2) is 0 Å². The summed E-state index contributed by atoms with van der Waals surface area (Å²) < 4.78 is 44.2. The second kappa shape index (κ2) is 12.2. The molecule has 1 aromatic heterocycles. The molecule has 35 heavy (non-hydrogen) atoms. The maximum absolute atomic E-state index is 13.1. The Kier molecular flexibility index (Phi) is 9.55. The molecule has 1 amide bonds. The topological polar surface area (TPSA) is 62.7 Å². The van der Waals surface area contributed by atoms with Crippen molar-refractivity contribution in [3.8, 4) is 0 Å². The number of aromatic nitrogens is 1. The first kappa shape index (κ1) is 27.4. The SMILES string of the molecule is CCC.CCOC(=O)C1CCN(C2CCC(C(=O)N3CCc4ncc(C(F)(F)F)cc4C3)C2)CC1. The number of halogens is 3. The molecule has 0 bridgehead atoms. The Morgan fingerprint density at radius 1 is 1.06 bits per heavy atom. The average molecular weight is 498 g/mol. The van der Waals surface area contributed by atoms with E-state index in [1.165, 1.54) is 6.42 Å². The smallest absolute Gasteiger partial charge is 0.417 e. The van der Waals surface area contributed by atoms with Gasteiger partial charge in [-0.1, -0.05) is 20.3 Å². The van der Waals surface area contributed by atoms with Crippen LogP contribution in [0.25, 0.3) is 0 Å². The zero-order chi connectivity index (χ0) is 25.6. The summed E-state index contributed by atoms with van der Waals surface area (Å²) in [5.74, 6) is -0.200. The number of alkyl halides is 3.